The van der Waals surface area contributed by atoms with Crippen LogP contribution < -0.4 is 21.3 Å². The number of aromatic nitrogens is 2. The van der Waals surface area contributed by atoms with Gasteiger partial charge >= 0.3 is 0 Å². The molecule has 7 nitrogen and oxygen atoms in total. The van der Waals surface area contributed by atoms with Crippen molar-refractivity contribution >= 4 is 34.8 Å². The number of carbonyl (C=O) groups is 1. The Morgan fingerprint density at radius 2 is 1.97 bits per heavy atom. The fourth-order valence-electron chi connectivity index (χ4n) is 3.25. The molecule has 30 heavy (non-hydrogen) atoms. The number of primary amides is 1. The number of amides is 1. The Labute approximate surface area is 178 Å². The minimum absolute atomic E-state index is 0.254. The molecule has 0 unspecified atom stereocenters. The summed E-state index contributed by atoms with van der Waals surface area (Å²) < 4.78 is 14.1. The lowest BCUT2D eigenvalue weighted by Gasteiger charge is -2.29. The van der Waals surface area contributed by atoms with Gasteiger partial charge in [-0.05, 0) is 42.5 Å². The van der Waals surface area contributed by atoms with Crippen LogP contribution in [-0.4, -0.2) is 42.1 Å². The number of nitrogens with one attached hydrogen (secondary N) is 2. The van der Waals surface area contributed by atoms with Crippen LogP contribution >= 0.6 is 11.6 Å². The first-order chi connectivity index (χ1) is 14.5. The molecule has 0 aliphatic carbocycles. The Balaban J connectivity index is 1.68. The molecule has 1 saturated heterocycles. The SMILES string of the molecule is NC(=O)c1cc(-c2ccnc(Nc3ccc(Cl)cc3F)c2)nc(N2CCNCC2)c1. The van der Waals surface area contributed by atoms with Crippen molar-refractivity contribution < 1.29 is 9.18 Å². The highest BCUT2D eigenvalue weighted by molar-refractivity contribution is 6.30. The van der Waals surface area contributed by atoms with E-state index in [1.807, 2.05) is 0 Å². The molecule has 0 radical (unpaired) electrons. The molecule has 4 N–H and O–H groups in total. The maximum absolute atomic E-state index is 14.1. The molecular formula is C21H20ClFN6O. The molecule has 1 amide bonds. The lowest BCUT2D eigenvalue weighted by atomic mass is 10.1. The summed E-state index contributed by atoms with van der Waals surface area (Å²) in [7, 11) is 0. The van der Waals surface area contributed by atoms with E-state index in [0.29, 0.717) is 27.9 Å². The van der Waals surface area contributed by atoms with Gasteiger partial charge < -0.3 is 21.3 Å². The number of benzene rings is 1. The summed E-state index contributed by atoms with van der Waals surface area (Å²) in [4.78, 5) is 23.0. The van der Waals surface area contributed by atoms with E-state index in [1.165, 1.54) is 6.07 Å². The molecule has 2 aromatic heterocycles. The maximum atomic E-state index is 14.1. The number of anilines is 3. The molecule has 3 heterocycles. The molecule has 0 spiro atoms. The number of piperazine rings is 1. The van der Waals surface area contributed by atoms with Crippen LogP contribution in [0.25, 0.3) is 11.3 Å². The first-order valence-electron chi connectivity index (χ1n) is 9.46. The van der Waals surface area contributed by atoms with Gasteiger partial charge in [0.1, 0.15) is 17.5 Å². The smallest absolute Gasteiger partial charge is 0.248 e. The second-order valence-electron chi connectivity index (χ2n) is 6.88. The van der Waals surface area contributed by atoms with E-state index in [0.717, 1.165) is 31.7 Å². The maximum Gasteiger partial charge on any atom is 0.248 e. The summed E-state index contributed by atoms with van der Waals surface area (Å²) in [5, 5.41) is 6.55. The van der Waals surface area contributed by atoms with E-state index < -0.39 is 11.7 Å². The Bertz CT molecular complexity index is 1090. The number of halogens is 2. The second-order valence-corrected chi connectivity index (χ2v) is 7.32. The van der Waals surface area contributed by atoms with Crippen LogP contribution in [0.3, 0.4) is 0 Å². The van der Waals surface area contributed by atoms with Crippen molar-refractivity contribution in [2.24, 2.45) is 5.73 Å². The van der Waals surface area contributed by atoms with Gasteiger partial charge in [0.2, 0.25) is 5.91 Å². The number of carbonyl (C=O) groups excluding carboxylic acids is 1. The molecule has 1 fully saturated rings. The number of rotatable bonds is 5. The van der Waals surface area contributed by atoms with Crippen molar-refractivity contribution in [1.82, 2.24) is 15.3 Å². The van der Waals surface area contributed by atoms with E-state index in [9.17, 15) is 9.18 Å². The van der Waals surface area contributed by atoms with Crippen LogP contribution in [0.2, 0.25) is 5.02 Å². The minimum Gasteiger partial charge on any atom is -0.366 e. The first kappa shape index (κ1) is 20.1. The number of pyridine rings is 2. The first-order valence-corrected chi connectivity index (χ1v) is 9.83. The highest BCUT2D eigenvalue weighted by atomic mass is 35.5. The van der Waals surface area contributed by atoms with Crippen LogP contribution in [0.5, 0.6) is 0 Å². The summed E-state index contributed by atoms with van der Waals surface area (Å²) in [6, 6.07) is 11.2. The molecule has 1 aliphatic heterocycles. The number of nitrogens with two attached hydrogens (primary N) is 1. The van der Waals surface area contributed by atoms with Crippen LogP contribution in [0, 0.1) is 5.82 Å². The molecule has 9 heteroatoms. The van der Waals surface area contributed by atoms with Gasteiger partial charge in [-0.15, -0.1) is 0 Å². The van der Waals surface area contributed by atoms with E-state index in [4.69, 9.17) is 22.3 Å². The monoisotopic (exact) mass is 426 g/mol. The van der Waals surface area contributed by atoms with Crippen LogP contribution in [0.1, 0.15) is 10.4 Å². The zero-order valence-electron chi connectivity index (χ0n) is 16.0. The van der Waals surface area contributed by atoms with Gasteiger partial charge in [0.05, 0.1) is 11.4 Å². The van der Waals surface area contributed by atoms with Crippen molar-refractivity contribution in [3.05, 3.63) is 65.1 Å². The molecule has 4 rings (SSSR count). The lowest BCUT2D eigenvalue weighted by molar-refractivity contribution is 0.1000. The Kier molecular flexibility index (Phi) is 5.78. The third kappa shape index (κ3) is 4.50. The third-order valence-electron chi connectivity index (χ3n) is 4.79. The Morgan fingerprint density at radius 3 is 2.70 bits per heavy atom. The van der Waals surface area contributed by atoms with E-state index in [2.05, 4.69) is 20.5 Å². The van der Waals surface area contributed by atoms with Crippen molar-refractivity contribution in [1.29, 1.82) is 0 Å². The molecule has 1 aliphatic rings. The van der Waals surface area contributed by atoms with Gasteiger partial charge in [-0.3, -0.25) is 4.79 Å². The van der Waals surface area contributed by atoms with E-state index >= 15 is 0 Å². The quantitative estimate of drug-likeness (QED) is 0.580. The predicted octanol–water partition coefficient (Wildman–Crippen LogP) is 3.19. The van der Waals surface area contributed by atoms with E-state index in [1.54, 1.807) is 42.6 Å². The zero-order valence-corrected chi connectivity index (χ0v) is 16.8. The molecule has 3 aromatic rings. The standard InChI is InChI=1S/C21H20ClFN6O/c22-15-1-2-17(16(23)12-15)27-19-10-13(3-4-26-19)18-9-14(21(24)30)11-20(28-18)29-7-5-25-6-8-29/h1-4,9-12,25H,5-8H2,(H2,24,30)(H,26,27). The molecule has 1 aromatic carbocycles. The van der Waals surface area contributed by atoms with Gasteiger partial charge in [-0.2, -0.15) is 0 Å². The number of nitrogens with zero attached hydrogens (tertiary/aromatic N) is 3. The van der Waals surface area contributed by atoms with Crippen molar-refractivity contribution in [3.8, 4) is 11.3 Å². The van der Waals surface area contributed by atoms with Crippen LogP contribution in [0.15, 0.2) is 48.7 Å². The number of hydrogen-bond donors (Lipinski definition) is 3. The Hall–Kier alpha value is -3.23. The summed E-state index contributed by atoms with van der Waals surface area (Å²) in [6.07, 6.45) is 1.59. The lowest BCUT2D eigenvalue weighted by Crippen LogP contribution is -2.44. The number of hydrogen-bond acceptors (Lipinski definition) is 6. The van der Waals surface area contributed by atoms with Crippen LogP contribution in [-0.2, 0) is 0 Å². The highest BCUT2D eigenvalue weighted by Crippen LogP contribution is 2.27. The second kappa shape index (κ2) is 8.64. The molecule has 154 valence electrons. The molecule has 0 saturated carbocycles. The van der Waals surface area contributed by atoms with Crippen molar-refractivity contribution in [2.45, 2.75) is 0 Å². The van der Waals surface area contributed by atoms with Gasteiger partial charge in [0, 0.05) is 48.5 Å². The average molecular weight is 427 g/mol. The topological polar surface area (TPSA) is 96.2 Å². The third-order valence-corrected chi connectivity index (χ3v) is 5.02. The van der Waals surface area contributed by atoms with Crippen molar-refractivity contribution in [3.63, 3.8) is 0 Å². The highest BCUT2D eigenvalue weighted by Gasteiger charge is 2.16. The Morgan fingerprint density at radius 1 is 1.17 bits per heavy atom. The zero-order chi connectivity index (χ0) is 21.1. The molecule has 0 bridgehead atoms. The normalized spacial score (nSPS) is 13.9. The fraction of sp³-hybridized carbons (Fsp3) is 0.190. The summed E-state index contributed by atoms with van der Waals surface area (Å²) in [5.74, 6) is 0.122. The van der Waals surface area contributed by atoms with Gasteiger partial charge in [0.25, 0.3) is 0 Å². The van der Waals surface area contributed by atoms with Crippen molar-refractivity contribution in [2.75, 3.05) is 36.4 Å². The molecular weight excluding hydrogens is 407 g/mol. The van der Waals surface area contributed by atoms with Crippen LogP contribution in [0.4, 0.5) is 21.7 Å². The van der Waals surface area contributed by atoms with E-state index in [-0.39, 0.29) is 5.69 Å². The summed E-state index contributed by atoms with van der Waals surface area (Å²) in [6.45, 7) is 3.25. The largest absolute Gasteiger partial charge is 0.366 e. The molecule has 0 atom stereocenters. The predicted molar refractivity (Wildman–Crippen MR) is 116 cm³/mol. The fourth-order valence-corrected chi connectivity index (χ4v) is 3.41. The van der Waals surface area contributed by atoms with Gasteiger partial charge in [0.15, 0.2) is 0 Å². The van der Waals surface area contributed by atoms with Gasteiger partial charge in [-0.25, -0.2) is 14.4 Å². The summed E-state index contributed by atoms with van der Waals surface area (Å²) in [5.41, 5.74) is 7.49. The van der Waals surface area contributed by atoms with Gasteiger partial charge in [-0.1, -0.05) is 11.6 Å². The summed E-state index contributed by atoms with van der Waals surface area (Å²) >= 11 is 5.81. The minimum atomic E-state index is -0.523. The average Bonchev–Trinajstić information content (AvgIpc) is 2.76.